The molecule has 3 atom stereocenters. The van der Waals surface area contributed by atoms with Crippen LogP contribution in [0.5, 0.6) is 0 Å². The molecule has 3 nitrogen and oxygen atoms in total. The van der Waals surface area contributed by atoms with Gasteiger partial charge in [0.15, 0.2) is 0 Å². The largest absolute Gasteiger partial charge is 0.466 e. The van der Waals surface area contributed by atoms with E-state index < -0.39 is 11.9 Å². The number of nitrogens with zero attached hydrogens (tertiary/aromatic N) is 1. The monoisotopic (exact) mass is 335 g/mol. The summed E-state index contributed by atoms with van der Waals surface area (Å²) in [6, 6.07) is 11.8. The lowest BCUT2D eigenvalue weighted by Crippen LogP contribution is -2.09. The van der Waals surface area contributed by atoms with Crippen LogP contribution in [-0.2, 0) is 15.7 Å². The van der Waals surface area contributed by atoms with E-state index in [-0.39, 0.29) is 30.3 Å². The lowest BCUT2D eigenvalue weighted by molar-refractivity contribution is -0.145. The van der Waals surface area contributed by atoms with Crippen LogP contribution < -0.4 is 0 Å². The quantitative estimate of drug-likeness (QED) is 0.788. The molecule has 0 aliphatic heterocycles. The molecule has 1 aromatic heterocycles. The van der Waals surface area contributed by atoms with Gasteiger partial charge >= 0.3 is 12.1 Å². The normalized spacial score (nSPS) is 22.9. The molecule has 0 amide bonds. The summed E-state index contributed by atoms with van der Waals surface area (Å²) < 4.78 is 43.0. The highest BCUT2D eigenvalue weighted by atomic mass is 19.4. The molecule has 1 fully saturated rings. The van der Waals surface area contributed by atoms with E-state index in [0.29, 0.717) is 5.56 Å². The van der Waals surface area contributed by atoms with Crippen LogP contribution in [0.1, 0.15) is 35.6 Å². The van der Waals surface area contributed by atoms with Gasteiger partial charge in [0.25, 0.3) is 0 Å². The van der Waals surface area contributed by atoms with Crippen molar-refractivity contribution in [2.75, 3.05) is 6.61 Å². The van der Waals surface area contributed by atoms with E-state index in [0.717, 1.165) is 11.6 Å². The molecule has 1 aliphatic carbocycles. The highest BCUT2D eigenvalue weighted by Gasteiger charge is 2.57. The molecule has 6 heteroatoms. The molecule has 0 saturated heterocycles. The highest BCUT2D eigenvalue weighted by molar-refractivity contribution is 5.80. The Hall–Kier alpha value is -2.37. The van der Waals surface area contributed by atoms with Crippen LogP contribution in [0.2, 0.25) is 0 Å². The van der Waals surface area contributed by atoms with Crippen molar-refractivity contribution in [2.24, 2.45) is 5.92 Å². The summed E-state index contributed by atoms with van der Waals surface area (Å²) in [5.74, 6) is -1.01. The number of hydrogen-bond acceptors (Lipinski definition) is 3. The number of rotatable bonds is 4. The molecule has 1 saturated carbocycles. The minimum absolute atomic E-state index is 0.0937. The number of aromatic nitrogens is 1. The van der Waals surface area contributed by atoms with E-state index >= 15 is 0 Å². The molecular formula is C18H16F3NO2. The Labute approximate surface area is 137 Å². The third kappa shape index (κ3) is 3.13. The second kappa shape index (κ2) is 6.26. The first-order chi connectivity index (χ1) is 11.4. The Morgan fingerprint density at radius 1 is 1.08 bits per heavy atom. The molecule has 0 bridgehead atoms. The fourth-order valence-corrected chi connectivity index (χ4v) is 3.12. The zero-order valence-electron chi connectivity index (χ0n) is 13.0. The molecule has 1 aliphatic rings. The lowest BCUT2D eigenvalue weighted by Gasteiger charge is -2.06. The molecule has 3 unspecified atom stereocenters. The zero-order valence-corrected chi connectivity index (χ0v) is 13.0. The predicted molar refractivity (Wildman–Crippen MR) is 81.3 cm³/mol. The summed E-state index contributed by atoms with van der Waals surface area (Å²) in [7, 11) is 0. The summed E-state index contributed by atoms with van der Waals surface area (Å²) in [5, 5.41) is 0. The van der Waals surface area contributed by atoms with Crippen LogP contribution in [0.4, 0.5) is 13.2 Å². The molecule has 0 radical (unpaired) electrons. The van der Waals surface area contributed by atoms with Crippen molar-refractivity contribution in [2.45, 2.75) is 24.9 Å². The summed E-state index contributed by atoms with van der Waals surface area (Å²) in [5.41, 5.74) is 0.659. The van der Waals surface area contributed by atoms with Gasteiger partial charge in [-0.05, 0) is 24.1 Å². The highest BCUT2D eigenvalue weighted by Crippen LogP contribution is 2.60. The van der Waals surface area contributed by atoms with Crippen LogP contribution in [-0.4, -0.2) is 17.6 Å². The van der Waals surface area contributed by atoms with Crippen LogP contribution >= 0.6 is 0 Å². The van der Waals surface area contributed by atoms with Crippen molar-refractivity contribution in [3.8, 4) is 0 Å². The first kappa shape index (κ1) is 16.5. The molecular weight excluding hydrogens is 319 g/mol. The Kier molecular flexibility index (Phi) is 4.30. The van der Waals surface area contributed by atoms with Crippen LogP contribution in [0, 0.1) is 5.92 Å². The van der Waals surface area contributed by atoms with Gasteiger partial charge in [-0.3, -0.25) is 9.78 Å². The number of pyridine rings is 1. The maximum Gasteiger partial charge on any atom is 0.433 e. The van der Waals surface area contributed by atoms with Gasteiger partial charge in [0.1, 0.15) is 5.69 Å². The zero-order chi connectivity index (χ0) is 17.3. The molecule has 1 aromatic carbocycles. The SMILES string of the molecule is CCOC(=O)C1C(c2ccccc2)C1c1ccc(C(F)(F)F)nc1. The smallest absolute Gasteiger partial charge is 0.433 e. The third-order valence-electron chi connectivity index (χ3n) is 4.22. The number of ether oxygens (including phenoxy) is 1. The third-order valence-corrected chi connectivity index (χ3v) is 4.22. The van der Waals surface area contributed by atoms with Gasteiger partial charge in [-0.1, -0.05) is 36.4 Å². The van der Waals surface area contributed by atoms with Crippen LogP contribution in [0.3, 0.4) is 0 Å². The van der Waals surface area contributed by atoms with Crippen molar-refractivity contribution < 1.29 is 22.7 Å². The Balaban J connectivity index is 1.88. The van der Waals surface area contributed by atoms with E-state index in [9.17, 15) is 18.0 Å². The molecule has 0 N–H and O–H groups in total. The van der Waals surface area contributed by atoms with Gasteiger partial charge < -0.3 is 4.74 Å². The number of esters is 1. The summed E-state index contributed by atoms with van der Waals surface area (Å²) in [6.07, 6.45) is -3.26. The second-order valence-electron chi connectivity index (χ2n) is 5.71. The predicted octanol–water partition coefficient (Wildman–Crippen LogP) is 4.16. The second-order valence-corrected chi connectivity index (χ2v) is 5.71. The van der Waals surface area contributed by atoms with Crippen molar-refractivity contribution in [3.63, 3.8) is 0 Å². The Bertz CT molecular complexity index is 713. The minimum Gasteiger partial charge on any atom is -0.466 e. The van der Waals surface area contributed by atoms with Crippen molar-refractivity contribution in [3.05, 3.63) is 65.5 Å². The maximum absolute atomic E-state index is 12.6. The topological polar surface area (TPSA) is 39.2 Å². The van der Waals surface area contributed by atoms with Gasteiger partial charge in [-0.2, -0.15) is 13.2 Å². The first-order valence-corrected chi connectivity index (χ1v) is 7.68. The molecule has 0 spiro atoms. The fraction of sp³-hybridized carbons (Fsp3) is 0.333. The number of alkyl halides is 3. The van der Waals surface area contributed by atoms with E-state index in [1.165, 1.54) is 12.3 Å². The van der Waals surface area contributed by atoms with E-state index in [4.69, 9.17) is 4.74 Å². The lowest BCUT2D eigenvalue weighted by atomic mass is 10.1. The maximum atomic E-state index is 12.6. The first-order valence-electron chi connectivity index (χ1n) is 7.68. The molecule has 3 rings (SSSR count). The van der Waals surface area contributed by atoms with Crippen LogP contribution in [0.25, 0.3) is 0 Å². The Morgan fingerprint density at radius 2 is 1.75 bits per heavy atom. The fourth-order valence-electron chi connectivity index (χ4n) is 3.12. The van der Waals surface area contributed by atoms with Gasteiger partial charge in [0.05, 0.1) is 12.5 Å². The molecule has 1 heterocycles. The number of carbonyl (C=O) groups excluding carboxylic acids is 1. The van der Waals surface area contributed by atoms with E-state index in [1.54, 1.807) is 6.92 Å². The summed E-state index contributed by atoms with van der Waals surface area (Å²) in [4.78, 5) is 15.7. The van der Waals surface area contributed by atoms with Crippen molar-refractivity contribution in [1.29, 1.82) is 0 Å². The molecule has 24 heavy (non-hydrogen) atoms. The van der Waals surface area contributed by atoms with Gasteiger partial charge in [-0.15, -0.1) is 0 Å². The Morgan fingerprint density at radius 3 is 2.29 bits per heavy atom. The number of hydrogen-bond donors (Lipinski definition) is 0. The van der Waals surface area contributed by atoms with Gasteiger partial charge in [0, 0.05) is 18.0 Å². The summed E-state index contributed by atoms with van der Waals surface area (Å²) in [6.45, 7) is 2.00. The van der Waals surface area contributed by atoms with E-state index in [2.05, 4.69) is 4.98 Å². The number of halogens is 3. The molecule has 2 aromatic rings. The van der Waals surface area contributed by atoms with Crippen molar-refractivity contribution in [1.82, 2.24) is 4.98 Å². The van der Waals surface area contributed by atoms with E-state index in [1.807, 2.05) is 30.3 Å². The standard InChI is InChI=1S/C18H16F3NO2/c1-2-24-17(23)16-14(11-6-4-3-5-7-11)15(16)12-8-9-13(22-10-12)18(19,20)21/h3-10,14-16H,2H2,1H3. The summed E-state index contributed by atoms with van der Waals surface area (Å²) >= 11 is 0. The molecule has 126 valence electrons. The number of benzene rings is 1. The number of carbonyl (C=O) groups is 1. The van der Waals surface area contributed by atoms with Crippen LogP contribution in [0.15, 0.2) is 48.7 Å². The average molecular weight is 335 g/mol. The van der Waals surface area contributed by atoms with Gasteiger partial charge in [0.2, 0.25) is 0 Å². The minimum atomic E-state index is -4.47. The average Bonchev–Trinajstić information content (AvgIpc) is 3.31. The van der Waals surface area contributed by atoms with Crippen molar-refractivity contribution >= 4 is 5.97 Å². The van der Waals surface area contributed by atoms with Gasteiger partial charge in [-0.25, -0.2) is 0 Å².